The Hall–Kier alpha value is -4.29. The van der Waals surface area contributed by atoms with Crippen LogP contribution in [0.5, 0.6) is 0 Å². The first-order valence-electron chi connectivity index (χ1n) is 16.7. The molecule has 0 aliphatic rings. The summed E-state index contributed by atoms with van der Waals surface area (Å²) in [4.78, 5) is 5.25. The van der Waals surface area contributed by atoms with Gasteiger partial charge in [0.15, 0.2) is 0 Å². The Bertz CT molecular complexity index is 2260. The number of hydrogen-bond donors (Lipinski definition) is 0. The summed E-state index contributed by atoms with van der Waals surface area (Å²) in [5, 5.41) is 4.31. The Morgan fingerprint density at radius 1 is 0.745 bits per heavy atom. The molecule has 5 aromatic carbocycles. The van der Waals surface area contributed by atoms with Crippen LogP contribution in [0.25, 0.3) is 60.8 Å². The molecule has 0 spiro atoms. The van der Waals surface area contributed by atoms with E-state index in [1.807, 2.05) is 62.1 Å². The molecule has 0 radical (unpaired) electrons. The maximum absolute atomic E-state index is 15.5. The molecule has 240 valence electrons. The predicted molar refractivity (Wildman–Crippen MR) is 196 cm³/mol. The van der Waals surface area contributed by atoms with Gasteiger partial charge in [-0.05, 0) is 58.2 Å². The van der Waals surface area contributed by atoms with Gasteiger partial charge in [0.2, 0.25) is 5.92 Å². The number of halogens is 2. The molecule has 2 heterocycles. The maximum atomic E-state index is 15.5. The van der Waals surface area contributed by atoms with E-state index in [1.165, 1.54) is 0 Å². The van der Waals surface area contributed by atoms with E-state index < -0.39 is 14.0 Å². The predicted octanol–water partition coefficient (Wildman–Crippen LogP) is 12.5. The lowest BCUT2D eigenvalue weighted by molar-refractivity contribution is 0.0212. The molecule has 6 heteroatoms. The number of benzene rings is 5. The highest BCUT2D eigenvalue weighted by Crippen LogP contribution is 2.43. The number of alkyl halides is 2. The molecule has 0 saturated carbocycles. The molecule has 0 amide bonds. The van der Waals surface area contributed by atoms with Gasteiger partial charge in [0, 0.05) is 28.6 Å². The summed E-state index contributed by atoms with van der Waals surface area (Å²) >= 11 is 0. The van der Waals surface area contributed by atoms with Gasteiger partial charge in [-0.3, -0.25) is 4.57 Å². The second-order valence-corrected chi connectivity index (χ2v) is 20.4. The summed E-state index contributed by atoms with van der Waals surface area (Å²) < 4.78 is 40.0. The second kappa shape index (κ2) is 11.4. The lowest BCUT2D eigenvalue weighted by atomic mass is 9.88. The zero-order valence-corrected chi connectivity index (χ0v) is 29.3. The molecule has 3 nitrogen and oxygen atoms in total. The third-order valence-electron chi connectivity index (χ3n) is 9.14. The number of imidazole rings is 1. The van der Waals surface area contributed by atoms with Crippen LogP contribution in [-0.4, -0.2) is 23.5 Å². The number of nitrogens with zero attached hydrogens (tertiary/aromatic N) is 2. The van der Waals surface area contributed by atoms with Crippen LogP contribution in [0.2, 0.25) is 25.7 Å². The van der Waals surface area contributed by atoms with E-state index in [9.17, 15) is 0 Å². The van der Waals surface area contributed by atoms with Crippen LogP contribution in [-0.2, 0) is 6.42 Å². The SMILES string of the molecule is CC(C)c1cc(CC(F)(F)C[Si](C)(C)C)cc(C(C)C)c1-n1c(-c2cccc3c2oc2c4ccccc4ccc32)nc2ccccc21. The van der Waals surface area contributed by atoms with Crippen LogP contribution < -0.4 is 0 Å². The molecular formula is C41H42F2N2OSi. The summed E-state index contributed by atoms with van der Waals surface area (Å²) in [5.74, 6) is -1.78. The van der Waals surface area contributed by atoms with E-state index in [0.717, 1.165) is 71.9 Å². The Labute approximate surface area is 276 Å². The highest BCUT2D eigenvalue weighted by Gasteiger charge is 2.36. The first kappa shape index (κ1) is 31.3. The van der Waals surface area contributed by atoms with E-state index in [1.54, 1.807) is 0 Å². The molecule has 2 aromatic heterocycles. The van der Waals surface area contributed by atoms with Crippen molar-refractivity contribution in [2.45, 2.75) is 77.6 Å². The highest BCUT2D eigenvalue weighted by atomic mass is 28.3. The first-order chi connectivity index (χ1) is 22.3. The van der Waals surface area contributed by atoms with Gasteiger partial charge in [0.05, 0.1) is 30.4 Å². The van der Waals surface area contributed by atoms with Gasteiger partial charge in [-0.2, -0.15) is 0 Å². The van der Waals surface area contributed by atoms with Crippen LogP contribution in [0.3, 0.4) is 0 Å². The van der Waals surface area contributed by atoms with Crippen molar-refractivity contribution in [2.75, 3.05) is 0 Å². The lowest BCUT2D eigenvalue weighted by Gasteiger charge is -2.27. The minimum absolute atomic E-state index is 0.0249. The van der Waals surface area contributed by atoms with E-state index in [-0.39, 0.29) is 24.3 Å². The summed E-state index contributed by atoms with van der Waals surface area (Å²) in [7, 11) is -1.97. The third-order valence-corrected chi connectivity index (χ3v) is 10.7. The van der Waals surface area contributed by atoms with Crippen molar-refractivity contribution in [1.82, 2.24) is 9.55 Å². The van der Waals surface area contributed by atoms with Crippen molar-refractivity contribution in [2.24, 2.45) is 0 Å². The van der Waals surface area contributed by atoms with Gasteiger partial charge in [-0.1, -0.05) is 114 Å². The molecule has 0 atom stereocenters. The summed E-state index contributed by atoms with van der Waals surface area (Å²) in [6.45, 7) is 14.6. The Morgan fingerprint density at radius 2 is 1.38 bits per heavy atom. The molecule has 0 N–H and O–H groups in total. The number of para-hydroxylation sites is 3. The van der Waals surface area contributed by atoms with E-state index in [0.29, 0.717) is 5.56 Å². The molecule has 0 aliphatic carbocycles. The monoisotopic (exact) mass is 644 g/mol. The second-order valence-electron chi connectivity index (χ2n) is 14.9. The summed E-state index contributed by atoms with van der Waals surface area (Å²) in [6.07, 6.45) is -0.249. The third kappa shape index (κ3) is 5.67. The van der Waals surface area contributed by atoms with Crippen molar-refractivity contribution in [3.8, 4) is 17.1 Å². The molecule has 0 bridgehead atoms. The van der Waals surface area contributed by atoms with Crippen LogP contribution in [0.4, 0.5) is 8.78 Å². The smallest absolute Gasteiger partial charge is 0.249 e. The molecule has 0 unspecified atom stereocenters. The Balaban J connectivity index is 1.51. The number of aromatic nitrogens is 2. The molecule has 47 heavy (non-hydrogen) atoms. The zero-order valence-electron chi connectivity index (χ0n) is 28.3. The van der Waals surface area contributed by atoms with Crippen molar-refractivity contribution >= 4 is 51.8 Å². The molecule has 0 aliphatic heterocycles. The van der Waals surface area contributed by atoms with Crippen LogP contribution in [0.1, 0.15) is 56.2 Å². The zero-order chi connectivity index (χ0) is 33.2. The molecule has 7 aromatic rings. The number of furan rings is 1. The van der Waals surface area contributed by atoms with E-state index in [2.05, 4.69) is 80.8 Å². The van der Waals surface area contributed by atoms with Gasteiger partial charge < -0.3 is 4.42 Å². The number of fused-ring (bicyclic) bond motifs is 6. The van der Waals surface area contributed by atoms with Crippen molar-refractivity contribution in [3.63, 3.8) is 0 Å². The topological polar surface area (TPSA) is 31.0 Å². The summed E-state index contributed by atoms with van der Waals surface area (Å²) in [6, 6.07) is 31.1. The largest absolute Gasteiger partial charge is 0.455 e. The quantitative estimate of drug-likeness (QED) is 0.154. The van der Waals surface area contributed by atoms with Gasteiger partial charge in [0.1, 0.15) is 17.0 Å². The van der Waals surface area contributed by atoms with Crippen molar-refractivity contribution < 1.29 is 13.2 Å². The average molecular weight is 645 g/mol. The summed E-state index contributed by atoms with van der Waals surface area (Å²) in [5.41, 5.74) is 8.20. The number of hydrogen-bond acceptors (Lipinski definition) is 2. The fraction of sp³-hybridized carbons (Fsp3) is 0.293. The fourth-order valence-electron chi connectivity index (χ4n) is 7.26. The minimum Gasteiger partial charge on any atom is -0.455 e. The fourth-order valence-corrected chi connectivity index (χ4v) is 8.93. The minimum atomic E-state index is -2.75. The molecule has 0 fully saturated rings. The van der Waals surface area contributed by atoms with Gasteiger partial charge in [-0.25, -0.2) is 13.8 Å². The van der Waals surface area contributed by atoms with Crippen LogP contribution >= 0.6 is 0 Å². The van der Waals surface area contributed by atoms with Gasteiger partial charge in [-0.15, -0.1) is 0 Å². The Morgan fingerprint density at radius 3 is 2.09 bits per heavy atom. The average Bonchev–Trinajstić information content (AvgIpc) is 3.58. The van der Waals surface area contributed by atoms with E-state index >= 15 is 8.78 Å². The van der Waals surface area contributed by atoms with Gasteiger partial charge in [0.25, 0.3) is 0 Å². The molecule has 0 saturated heterocycles. The number of rotatable bonds is 8. The van der Waals surface area contributed by atoms with Crippen molar-refractivity contribution in [1.29, 1.82) is 0 Å². The molecular weight excluding hydrogens is 603 g/mol. The standard InChI is InChI=1S/C41H42F2N2OSi/c1-25(2)33-21-27(23-41(42,43)24-47(5,6)7)22-34(26(3)4)37(33)45-36-18-11-10-17-35(36)44-40(45)32-16-12-15-30-31-20-19-28-13-8-9-14-29(28)38(31)46-39(30)32/h8-22,25-26H,23-24H2,1-7H3. The first-order valence-corrected chi connectivity index (χ1v) is 20.4. The van der Waals surface area contributed by atoms with Crippen molar-refractivity contribution in [3.05, 3.63) is 108 Å². The maximum Gasteiger partial charge on any atom is 0.249 e. The van der Waals surface area contributed by atoms with Gasteiger partial charge >= 0.3 is 0 Å². The van der Waals surface area contributed by atoms with Crippen LogP contribution in [0.15, 0.2) is 95.4 Å². The normalized spacial score (nSPS) is 12.9. The van der Waals surface area contributed by atoms with E-state index in [4.69, 9.17) is 9.40 Å². The Kier molecular flexibility index (Phi) is 7.63. The lowest BCUT2D eigenvalue weighted by Crippen LogP contribution is -2.33. The van der Waals surface area contributed by atoms with Crippen LogP contribution in [0, 0.1) is 0 Å². The molecule has 7 rings (SSSR count). The highest BCUT2D eigenvalue weighted by molar-refractivity contribution is 6.76.